The molecule has 0 saturated heterocycles. The molecule has 2 nitrogen and oxygen atoms in total. The van der Waals surface area contributed by atoms with E-state index in [2.05, 4.69) is 36.3 Å². The Bertz CT molecular complexity index is 345. The molecular formula is C19H34N2. The number of allylic oxidation sites excluding steroid dienone is 2. The molecule has 0 heterocycles. The van der Waals surface area contributed by atoms with E-state index in [9.17, 15) is 0 Å². The summed E-state index contributed by atoms with van der Waals surface area (Å²) in [7, 11) is 2.33. The van der Waals surface area contributed by atoms with Gasteiger partial charge in [-0.25, -0.2) is 0 Å². The van der Waals surface area contributed by atoms with Crippen molar-refractivity contribution in [3.8, 4) is 0 Å². The molecule has 0 amide bonds. The average molecular weight is 290 g/mol. The van der Waals surface area contributed by atoms with E-state index in [-0.39, 0.29) is 0 Å². The van der Waals surface area contributed by atoms with Crippen LogP contribution in [0.3, 0.4) is 0 Å². The van der Waals surface area contributed by atoms with Gasteiger partial charge in [0.05, 0.1) is 0 Å². The molecule has 4 unspecified atom stereocenters. The van der Waals surface area contributed by atoms with Gasteiger partial charge in [-0.15, -0.1) is 0 Å². The number of hydrogen-bond donors (Lipinski definition) is 1. The molecule has 0 aromatic rings. The highest BCUT2D eigenvalue weighted by Gasteiger charge is 2.38. The van der Waals surface area contributed by atoms with Crippen molar-refractivity contribution in [1.29, 1.82) is 0 Å². The molecule has 0 aromatic heterocycles. The lowest BCUT2D eigenvalue weighted by Crippen LogP contribution is -2.38. The number of hydrogen-bond acceptors (Lipinski definition) is 2. The van der Waals surface area contributed by atoms with Gasteiger partial charge >= 0.3 is 0 Å². The van der Waals surface area contributed by atoms with E-state index < -0.39 is 0 Å². The fourth-order valence-corrected chi connectivity index (χ4v) is 4.91. The molecule has 0 aromatic carbocycles. The van der Waals surface area contributed by atoms with Crippen molar-refractivity contribution in [2.24, 2.45) is 17.8 Å². The van der Waals surface area contributed by atoms with Gasteiger partial charge in [0.1, 0.15) is 0 Å². The Morgan fingerprint density at radius 3 is 2.62 bits per heavy atom. The van der Waals surface area contributed by atoms with E-state index >= 15 is 0 Å². The van der Waals surface area contributed by atoms with Gasteiger partial charge in [-0.05, 0) is 76.9 Å². The van der Waals surface area contributed by atoms with Crippen molar-refractivity contribution >= 4 is 0 Å². The van der Waals surface area contributed by atoms with Gasteiger partial charge in [-0.2, -0.15) is 0 Å². The van der Waals surface area contributed by atoms with Crippen molar-refractivity contribution in [1.82, 2.24) is 10.2 Å². The van der Waals surface area contributed by atoms with Crippen LogP contribution in [0.4, 0.5) is 0 Å². The Morgan fingerprint density at radius 2 is 1.95 bits per heavy atom. The standard InChI is InChI=1S/C19H34N2/c1-15(19-14-16-9-10-17(19)13-16)20-11-6-12-21(2)18-7-4-3-5-8-18/h9-10,15-20H,3-8,11-14H2,1-2H3. The highest BCUT2D eigenvalue weighted by Crippen LogP contribution is 2.44. The zero-order valence-electron chi connectivity index (χ0n) is 14.1. The van der Waals surface area contributed by atoms with E-state index in [1.165, 1.54) is 64.5 Å². The van der Waals surface area contributed by atoms with Crippen molar-refractivity contribution < 1.29 is 0 Å². The molecule has 2 saturated carbocycles. The van der Waals surface area contributed by atoms with Crippen molar-refractivity contribution in [3.63, 3.8) is 0 Å². The predicted octanol–water partition coefficient (Wildman–Crippen LogP) is 3.83. The molecular weight excluding hydrogens is 256 g/mol. The summed E-state index contributed by atoms with van der Waals surface area (Å²) in [6, 6.07) is 1.57. The molecule has 3 aliphatic carbocycles. The number of fused-ring (bicyclic) bond motifs is 2. The Hall–Kier alpha value is -0.340. The summed E-state index contributed by atoms with van der Waals surface area (Å²) < 4.78 is 0. The third-order valence-electron chi connectivity index (χ3n) is 6.32. The van der Waals surface area contributed by atoms with Crippen LogP contribution in [0.25, 0.3) is 0 Å². The van der Waals surface area contributed by atoms with Crippen LogP contribution < -0.4 is 5.32 Å². The van der Waals surface area contributed by atoms with Gasteiger partial charge in [0.25, 0.3) is 0 Å². The quantitative estimate of drug-likeness (QED) is 0.566. The maximum atomic E-state index is 3.81. The van der Waals surface area contributed by atoms with Crippen molar-refractivity contribution in [2.45, 2.75) is 70.4 Å². The highest BCUT2D eigenvalue weighted by atomic mass is 15.1. The van der Waals surface area contributed by atoms with Gasteiger partial charge in [-0.1, -0.05) is 31.4 Å². The number of nitrogens with one attached hydrogen (secondary N) is 1. The first-order chi connectivity index (χ1) is 10.2. The molecule has 2 bridgehead atoms. The lowest BCUT2D eigenvalue weighted by Gasteiger charge is -2.31. The minimum absolute atomic E-state index is 0.699. The largest absolute Gasteiger partial charge is 0.314 e. The molecule has 3 rings (SSSR count). The third kappa shape index (κ3) is 3.90. The summed E-state index contributed by atoms with van der Waals surface area (Å²) in [6.45, 7) is 4.86. The van der Waals surface area contributed by atoms with E-state index in [0.29, 0.717) is 6.04 Å². The molecule has 0 spiro atoms. The summed E-state index contributed by atoms with van der Waals surface area (Å²) in [5.74, 6) is 2.68. The molecule has 3 aliphatic rings. The van der Waals surface area contributed by atoms with Gasteiger partial charge in [-0.3, -0.25) is 0 Å². The fraction of sp³-hybridized carbons (Fsp3) is 0.895. The first-order valence-corrected chi connectivity index (χ1v) is 9.36. The Balaban J connectivity index is 1.30. The van der Waals surface area contributed by atoms with Crippen LogP contribution in [-0.2, 0) is 0 Å². The van der Waals surface area contributed by atoms with E-state index in [1.807, 2.05) is 0 Å². The normalized spacial score (nSPS) is 34.0. The molecule has 0 aliphatic heterocycles. The maximum absolute atomic E-state index is 3.81. The van der Waals surface area contributed by atoms with Crippen LogP contribution in [0, 0.1) is 17.8 Å². The fourth-order valence-electron chi connectivity index (χ4n) is 4.91. The van der Waals surface area contributed by atoms with Gasteiger partial charge in [0.15, 0.2) is 0 Å². The zero-order chi connectivity index (χ0) is 14.7. The summed E-state index contributed by atoms with van der Waals surface area (Å²) in [4.78, 5) is 2.62. The predicted molar refractivity (Wildman–Crippen MR) is 90.4 cm³/mol. The Morgan fingerprint density at radius 1 is 1.14 bits per heavy atom. The lowest BCUT2D eigenvalue weighted by molar-refractivity contribution is 0.188. The van der Waals surface area contributed by atoms with E-state index in [4.69, 9.17) is 0 Å². The SMILES string of the molecule is CC(NCCCN(C)C1CCCCC1)C1CC2C=CC1C2. The van der Waals surface area contributed by atoms with Gasteiger partial charge in [0.2, 0.25) is 0 Å². The second-order valence-corrected chi connectivity index (χ2v) is 7.81. The average Bonchev–Trinajstić information content (AvgIpc) is 3.15. The summed E-state index contributed by atoms with van der Waals surface area (Å²) in [5.41, 5.74) is 0. The minimum atomic E-state index is 0.699. The Kier molecular flexibility index (Phi) is 5.39. The molecule has 2 fully saturated rings. The van der Waals surface area contributed by atoms with E-state index in [1.54, 1.807) is 0 Å². The lowest BCUT2D eigenvalue weighted by atomic mass is 9.87. The second-order valence-electron chi connectivity index (χ2n) is 7.81. The first-order valence-electron chi connectivity index (χ1n) is 9.36. The topological polar surface area (TPSA) is 15.3 Å². The summed E-state index contributed by atoms with van der Waals surface area (Å²) in [5, 5.41) is 3.81. The molecule has 21 heavy (non-hydrogen) atoms. The molecule has 2 heteroatoms. The van der Waals surface area contributed by atoms with E-state index in [0.717, 1.165) is 23.8 Å². The minimum Gasteiger partial charge on any atom is -0.314 e. The number of nitrogens with zero attached hydrogens (tertiary/aromatic N) is 1. The molecule has 0 radical (unpaired) electrons. The summed E-state index contributed by atoms with van der Waals surface area (Å²) in [6.07, 6.45) is 16.3. The molecule has 1 N–H and O–H groups in total. The first kappa shape index (κ1) is 15.6. The third-order valence-corrected chi connectivity index (χ3v) is 6.32. The van der Waals surface area contributed by atoms with Crippen LogP contribution >= 0.6 is 0 Å². The second kappa shape index (κ2) is 7.28. The number of rotatable bonds is 7. The van der Waals surface area contributed by atoms with Crippen LogP contribution in [-0.4, -0.2) is 37.1 Å². The van der Waals surface area contributed by atoms with Gasteiger partial charge in [0, 0.05) is 12.1 Å². The molecule has 120 valence electrons. The zero-order valence-corrected chi connectivity index (χ0v) is 14.1. The van der Waals surface area contributed by atoms with Crippen LogP contribution in [0.2, 0.25) is 0 Å². The molecule has 4 atom stereocenters. The monoisotopic (exact) mass is 290 g/mol. The van der Waals surface area contributed by atoms with Crippen LogP contribution in [0.5, 0.6) is 0 Å². The van der Waals surface area contributed by atoms with Gasteiger partial charge < -0.3 is 10.2 Å². The Labute approximate surface area is 131 Å². The summed E-state index contributed by atoms with van der Waals surface area (Å²) >= 11 is 0. The van der Waals surface area contributed by atoms with Crippen LogP contribution in [0.15, 0.2) is 12.2 Å². The van der Waals surface area contributed by atoms with Crippen molar-refractivity contribution in [2.75, 3.05) is 20.1 Å². The maximum Gasteiger partial charge on any atom is 0.00922 e. The van der Waals surface area contributed by atoms with Crippen molar-refractivity contribution in [3.05, 3.63) is 12.2 Å². The smallest absolute Gasteiger partial charge is 0.00922 e. The highest BCUT2D eigenvalue weighted by molar-refractivity contribution is 5.11. The van der Waals surface area contributed by atoms with Crippen LogP contribution in [0.1, 0.15) is 58.3 Å².